The lowest BCUT2D eigenvalue weighted by atomic mass is 10.0. The van der Waals surface area contributed by atoms with Crippen LogP contribution in [0.15, 0.2) is 40.9 Å². The molecule has 0 saturated carbocycles. The molecular formula is C24H25FN4O4. The van der Waals surface area contributed by atoms with E-state index in [-0.39, 0.29) is 42.2 Å². The highest BCUT2D eigenvalue weighted by molar-refractivity contribution is 5.99. The Kier molecular flexibility index (Phi) is 6.79. The summed E-state index contributed by atoms with van der Waals surface area (Å²) in [4.78, 5) is 31.4. The zero-order chi connectivity index (χ0) is 23.4. The fourth-order valence-corrected chi connectivity index (χ4v) is 3.58. The quantitative estimate of drug-likeness (QED) is 0.615. The van der Waals surface area contributed by atoms with Gasteiger partial charge < -0.3 is 19.5 Å². The van der Waals surface area contributed by atoms with Gasteiger partial charge in [0.25, 0.3) is 5.91 Å². The molecule has 0 aliphatic carbocycles. The number of rotatable bonds is 6. The molecule has 1 aromatic heterocycles. The molecular weight excluding hydrogens is 427 g/mol. The van der Waals surface area contributed by atoms with Gasteiger partial charge in [0.1, 0.15) is 5.82 Å². The molecule has 172 valence electrons. The molecule has 1 aliphatic heterocycles. The average molecular weight is 452 g/mol. The van der Waals surface area contributed by atoms with Crippen LogP contribution in [-0.2, 0) is 16.0 Å². The molecule has 2 aromatic carbocycles. The average Bonchev–Trinajstić information content (AvgIpc) is 3.30. The van der Waals surface area contributed by atoms with E-state index < -0.39 is 0 Å². The maximum absolute atomic E-state index is 13.8. The molecule has 0 spiro atoms. The third kappa shape index (κ3) is 5.25. The Bertz CT molecular complexity index is 1170. The Morgan fingerprint density at radius 1 is 1.15 bits per heavy atom. The Labute approximate surface area is 190 Å². The van der Waals surface area contributed by atoms with Crippen molar-refractivity contribution in [2.75, 3.05) is 31.6 Å². The van der Waals surface area contributed by atoms with Gasteiger partial charge in [0, 0.05) is 42.7 Å². The number of nitrogens with zero attached hydrogens (tertiary/aromatic N) is 3. The van der Waals surface area contributed by atoms with Crippen molar-refractivity contribution in [2.45, 2.75) is 26.7 Å². The molecule has 2 heterocycles. The van der Waals surface area contributed by atoms with Crippen molar-refractivity contribution < 1.29 is 23.2 Å². The van der Waals surface area contributed by atoms with Crippen LogP contribution in [0.1, 0.15) is 33.8 Å². The van der Waals surface area contributed by atoms with Crippen LogP contribution in [0.25, 0.3) is 11.4 Å². The van der Waals surface area contributed by atoms with Gasteiger partial charge in [-0.05, 0) is 43.2 Å². The van der Waals surface area contributed by atoms with E-state index in [9.17, 15) is 14.0 Å². The van der Waals surface area contributed by atoms with Crippen molar-refractivity contribution in [3.63, 3.8) is 0 Å². The lowest BCUT2D eigenvalue weighted by molar-refractivity contribution is -0.116. The number of aromatic nitrogens is 2. The summed E-state index contributed by atoms with van der Waals surface area (Å²) in [6, 6.07) is 9.99. The highest BCUT2D eigenvalue weighted by Crippen LogP contribution is 2.22. The molecule has 4 rings (SSSR count). The molecule has 2 amide bonds. The first-order valence-electron chi connectivity index (χ1n) is 10.8. The Hall–Kier alpha value is -3.59. The van der Waals surface area contributed by atoms with Crippen LogP contribution < -0.4 is 5.32 Å². The van der Waals surface area contributed by atoms with Crippen LogP contribution in [0.5, 0.6) is 0 Å². The SMILES string of the molecule is Cc1ccc(-c2noc(CCC(=O)Nc3cccc(C(=O)N4CCOCC4)c3C)n2)cc1F. The standard InChI is InChI=1S/C24H25FN4O4/c1-15-6-7-17(14-19(15)25)23-27-22(33-28-23)9-8-21(30)26-20-5-3-4-18(16(20)2)24(31)29-10-12-32-13-11-29/h3-7,14H,8-13H2,1-2H3,(H,26,30). The van der Waals surface area contributed by atoms with E-state index in [1.807, 2.05) is 6.92 Å². The molecule has 1 aliphatic rings. The topological polar surface area (TPSA) is 97.6 Å². The van der Waals surface area contributed by atoms with Crippen LogP contribution >= 0.6 is 0 Å². The van der Waals surface area contributed by atoms with E-state index >= 15 is 0 Å². The van der Waals surface area contributed by atoms with Gasteiger partial charge in [-0.1, -0.05) is 23.4 Å². The van der Waals surface area contributed by atoms with E-state index in [2.05, 4.69) is 15.5 Å². The summed E-state index contributed by atoms with van der Waals surface area (Å²) in [6.07, 6.45) is 0.351. The first-order valence-corrected chi connectivity index (χ1v) is 10.8. The number of anilines is 1. The van der Waals surface area contributed by atoms with Crippen molar-refractivity contribution in [3.8, 4) is 11.4 Å². The van der Waals surface area contributed by atoms with E-state index in [1.54, 1.807) is 42.2 Å². The number of amides is 2. The van der Waals surface area contributed by atoms with Crippen LogP contribution in [-0.4, -0.2) is 53.2 Å². The van der Waals surface area contributed by atoms with Crippen LogP contribution in [0.3, 0.4) is 0 Å². The van der Waals surface area contributed by atoms with Crippen LogP contribution in [0.2, 0.25) is 0 Å². The fourth-order valence-electron chi connectivity index (χ4n) is 3.58. The smallest absolute Gasteiger partial charge is 0.254 e. The second-order valence-corrected chi connectivity index (χ2v) is 7.91. The van der Waals surface area contributed by atoms with Gasteiger partial charge in [-0.3, -0.25) is 9.59 Å². The highest BCUT2D eigenvalue weighted by Gasteiger charge is 2.21. The molecule has 3 aromatic rings. The first kappa shape index (κ1) is 22.6. The minimum Gasteiger partial charge on any atom is -0.378 e. The lowest BCUT2D eigenvalue weighted by Crippen LogP contribution is -2.41. The number of halogens is 1. The van der Waals surface area contributed by atoms with Gasteiger partial charge >= 0.3 is 0 Å². The molecule has 0 unspecified atom stereocenters. The summed E-state index contributed by atoms with van der Waals surface area (Å²) in [5.41, 5.74) is 2.89. The van der Waals surface area contributed by atoms with Crippen molar-refractivity contribution in [3.05, 3.63) is 64.8 Å². The predicted octanol–water partition coefficient (Wildman–Crippen LogP) is 3.54. The molecule has 1 N–H and O–H groups in total. The maximum Gasteiger partial charge on any atom is 0.254 e. The zero-order valence-corrected chi connectivity index (χ0v) is 18.6. The first-order chi connectivity index (χ1) is 15.9. The summed E-state index contributed by atoms with van der Waals surface area (Å²) in [5, 5.41) is 6.73. The number of ether oxygens (including phenoxy) is 1. The number of carbonyl (C=O) groups excluding carboxylic acids is 2. The summed E-state index contributed by atoms with van der Waals surface area (Å²) in [6.45, 7) is 5.64. The summed E-state index contributed by atoms with van der Waals surface area (Å²) >= 11 is 0. The van der Waals surface area contributed by atoms with Crippen molar-refractivity contribution in [2.24, 2.45) is 0 Å². The van der Waals surface area contributed by atoms with Crippen molar-refractivity contribution >= 4 is 17.5 Å². The maximum atomic E-state index is 13.8. The third-order valence-electron chi connectivity index (χ3n) is 5.60. The summed E-state index contributed by atoms with van der Waals surface area (Å²) in [7, 11) is 0. The van der Waals surface area contributed by atoms with E-state index in [1.165, 1.54) is 6.07 Å². The molecule has 0 radical (unpaired) electrons. The molecule has 9 heteroatoms. The Morgan fingerprint density at radius 3 is 2.70 bits per heavy atom. The van der Waals surface area contributed by atoms with E-state index in [0.29, 0.717) is 54.2 Å². The van der Waals surface area contributed by atoms with Crippen molar-refractivity contribution in [1.29, 1.82) is 0 Å². The highest BCUT2D eigenvalue weighted by atomic mass is 19.1. The Morgan fingerprint density at radius 2 is 1.94 bits per heavy atom. The number of morpholine rings is 1. The van der Waals surface area contributed by atoms with E-state index in [4.69, 9.17) is 9.26 Å². The van der Waals surface area contributed by atoms with Gasteiger partial charge in [0.05, 0.1) is 13.2 Å². The minimum absolute atomic E-state index is 0.0715. The molecule has 8 nitrogen and oxygen atoms in total. The van der Waals surface area contributed by atoms with Gasteiger partial charge in [0.15, 0.2) is 0 Å². The summed E-state index contributed by atoms with van der Waals surface area (Å²) < 4.78 is 24.3. The normalized spacial score (nSPS) is 13.7. The lowest BCUT2D eigenvalue weighted by Gasteiger charge is -2.27. The van der Waals surface area contributed by atoms with Crippen LogP contribution in [0, 0.1) is 19.7 Å². The molecule has 1 saturated heterocycles. The van der Waals surface area contributed by atoms with Gasteiger partial charge in [0.2, 0.25) is 17.6 Å². The van der Waals surface area contributed by atoms with Crippen molar-refractivity contribution in [1.82, 2.24) is 15.0 Å². The number of nitrogens with one attached hydrogen (secondary N) is 1. The second kappa shape index (κ2) is 9.91. The molecule has 1 fully saturated rings. The molecule has 0 bridgehead atoms. The van der Waals surface area contributed by atoms with Crippen LogP contribution in [0.4, 0.5) is 10.1 Å². The minimum atomic E-state index is -0.345. The monoisotopic (exact) mass is 452 g/mol. The van der Waals surface area contributed by atoms with Gasteiger partial charge in [-0.15, -0.1) is 0 Å². The summed E-state index contributed by atoms with van der Waals surface area (Å²) in [5.74, 6) is -0.0976. The van der Waals surface area contributed by atoms with Gasteiger partial charge in [-0.2, -0.15) is 4.98 Å². The number of benzene rings is 2. The number of hydrogen-bond donors (Lipinski definition) is 1. The molecule has 33 heavy (non-hydrogen) atoms. The van der Waals surface area contributed by atoms with Gasteiger partial charge in [-0.25, -0.2) is 4.39 Å². The second-order valence-electron chi connectivity index (χ2n) is 7.91. The third-order valence-corrected chi connectivity index (χ3v) is 5.60. The zero-order valence-electron chi connectivity index (χ0n) is 18.6. The number of carbonyl (C=O) groups is 2. The molecule has 0 atom stereocenters. The predicted molar refractivity (Wildman–Crippen MR) is 119 cm³/mol. The Balaban J connectivity index is 1.37. The fraction of sp³-hybridized carbons (Fsp3) is 0.333. The van der Waals surface area contributed by atoms with E-state index in [0.717, 1.165) is 0 Å². The number of aryl methyl sites for hydroxylation is 2. The number of hydrogen-bond acceptors (Lipinski definition) is 6. The largest absolute Gasteiger partial charge is 0.378 e.